The number of halogens is 1. The topological polar surface area (TPSA) is 21.3 Å². The summed E-state index contributed by atoms with van der Waals surface area (Å²) in [7, 11) is 0. The standard InChI is InChI=1S/C14H18FNO/c1-3-5-6-9-17-14-8-7-13(15)10-12(14)11-16-4-2/h7-8,10,16H,4,6,9,11H2,1-2H3. The summed E-state index contributed by atoms with van der Waals surface area (Å²) >= 11 is 0. The second-order valence-electron chi connectivity index (χ2n) is 3.56. The Morgan fingerprint density at radius 1 is 1.41 bits per heavy atom. The van der Waals surface area contributed by atoms with E-state index in [1.165, 1.54) is 12.1 Å². The lowest BCUT2D eigenvalue weighted by Crippen LogP contribution is -2.13. The fraction of sp³-hybridized carbons (Fsp3) is 0.429. The van der Waals surface area contributed by atoms with Crippen molar-refractivity contribution in [2.45, 2.75) is 26.8 Å². The highest BCUT2D eigenvalue weighted by Gasteiger charge is 2.04. The van der Waals surface area contributed by atoms with E-state index >= 15 is 0 Å². The zero-order valence-electron chi connectivity index (χ0n) is 10.3. The van der Waals surface area contributed by atoms with Crippen molar-refractivity contribution in [1.82, 2.24) is 5.32 Å². The molecule has 2 nitrogen and oxygen atoms in total. The van der Waals surface area contributed by atoms with Gasteiger partial charge >= 0.3 is 0 Å². The van der Waals surface area contributed by atoms with Crippen LogP contribution in [0.1, 0.15) is 25.8 Å². The largest absolute Gasteiger partial charge is 0.492 e. The normalized spacial score (nSPS) is 9.59. The van der Waals surface area contributed by atoms with Gasteiger partial charge in [-0.25, -0.2) is 4.39 Å². The second-order valence-corrected chi connectivity index (χ2v) is 3.56. The van der Waals surface area contributed by atoms with Crippen LogP contribution in [0.25, 0.3) is 0 Å². The van der Waals surface area contributed by atoms with Crippen LogP contribution in [0.5, 0.6) is 5.75 Å². The summed E-state index contributed by atoms with van der Waals surface area (Å²) in [5.74, 6) is 6.23. The molecule has 1 aromatic carbocycles. The van der Waals surface area contributed by atoms with E-state index in [2.05, 4.69) is 17.2 Å². The Labute approximate surface area is 102 Å². The van der Waals surface area contributed by atoms with Crippen molar-refractivity contribution in [3.05, 3.63) is 29.6 Å². The maximum absolute atomic E-state index is 13.1. The third-order valence-electron chi connectivity index (χ3n) is 2.25. The SMILES string of the molecule is CC#CCCOc1ccc(F)cc1CNCC. The molecule has 0 saturated heterocycles. The van der Waals surface area contributed by atoms with Gasteiger partial charge in [0, 0.05) is 18.5 Å². The van der Waals surface area contributed by atoms with E-state index in [0.717, 1.165) is 17.9 Å². The Morgan fingerprint density at radius 3 is 2.94 bits per heavy atom. The molecule has 3 heteroatoms. The molecule has 0 fully saturated rings. The van der Waals surface area contributed by atoms with Crippen molar-refractivity contribution in [1.29, 1.82) is 0 Å². The van der Waals surface area contributed by atoms with Crippen LogP contribution in [0, 0.1) is 17.7 Å². The molecule has 0 saturated carbocycles. The average molecular weight is 235 g/mol. The van der Waals surface area contributed by atoms with Crippen LogP contribution in [-0.4, -0.2) is 13.2 Å². The van der Waals surface area contributed by atoms with Crippen LogP contribution in [0.3, 0.4) is 0 Å². The van der Waals surface area contributed by atoms with E-state index in [-0.39, 0.29) is 5.82 Å². The second kappa shape index (κ2) is 7.70. The van der Waals surface area contributed by atoms with Gasteiger partial charge in [-0.3, -0.25) is 0 Å². The number of ether oxygens (including phenoxy) is 1. The zero-order valence-corrected chi connectivity index (χ0v) is 10.3. The van der Waals surface area contributed by atoms with Gasteiger partial charge in [0.2, 0.25) is 0 Å². The van der Waals surface area contributed by atoms with Crippen molar-refractivity contribution in [3.63, 3.8) is 0 Å². The summed E-state index contributed by atoms with van der Waals surface area (Å²) in [5.41, 5.74) is 0.844. The van der Waals surface area contributed by atoms with Crippen molar-refractivity contribution in [2.75, 3.05) is 13.2 Å². The van der Waals surface area contributed by atoms with Gasteiger partial charge in [0.05, 0.1) is 6.61 Å². The molecule has 0 aromatic heterocycles. The first kappa shape index (κ1) is 13.5. The van der Waals surface area contributed by atoms with Crippen LogP contribution < -0.4 is 10.1 Å². The minimum absolute atomic E-state index is 0.237. The van der Waals surface area contributed by atoms with Crippen molar-refractivity contribution >= 4 is 0 Å². The lowest BCUT2D eigenvalue weighted by atomic mass is 10.2. The van der Waals surface area contributed by atoms with E-state index < -0.39 is 0 Å². The molecule has 92 valence electrons. The molecule has 0 heterocycles. The highest BCUT2D eigenvalue weighted by atomic mass is 19.1. The molecule has 1 rings (SSSR count). The van der Waals surface area contributed by atoms with E-state index in [1.54, 1.807) is 13.0 Å². The summed E-state index contributed by atoms with van der Waals surface area (Å²) in [6.07, 6.45) is 0.689. The Kier molecular flexibility index (Phi) is 6.13. The minimum Gasteiger partial charge on any atom is -0.492 e. The molecule has 0 aliphatic heterocycles. The summed E-state index contributed by atoms with van der Waals surface area (Å²) < 4.78 is 18.7. The maximum atomic E-state index is 13.1. The molecule has 0 spiro atoms. The van der Waals surface area contributed by atoms with Crippen molar-refractivity contribution < 1.29 is 9.13 Å². The quantitative estimate of drug-likeness (QED) is 0.604. The molecule has 1 aromatic rings. The first-order valence-electron chi connectivity index (χ1n) is 5.79. The molecule has 0 unspecified atom stereocenters. The minimum atomic E-state index is -0.237. The van der Waals surface area contributed by atoms with Gasteiger partial charge in [-0.1, -0.05) is 6.92 Å². The highest BCUT2D eigenvalue weighted by Crippen LogP contribution is 2.19. The first-order valence-corrected chi connectivity index (χ1v) is 5.79. The predicted molar refractivity (Wildman–Crippen MR) is 67.3 cm³/mol. The molecule has 17 heavy (non-hydrogen) atoms. The van der Waals surface area contributed by atoms with Gasteiger partial charge in [0.1, 0.15) is 11.6 Å². The number of hydrogen-bond donors (Lipinski definition) is 1. The molecule has 0 radical (unpaired) electrons. The molecule has 0 atom stereocenters. The Hall–Kier alpha value is -1.53. The van der Waals surface area contributed by atoms with Gasteiger partial charge in [-0.15, -0.1) is 11.8 Å². The fourth-order valence-electron chi connectivity index (χ4n) is 1.42. The zero-order chi connectivity index (χ0) is 12.5. The van der Waals surface area contributed by atoms with Crippen LogP contribution in [0.2, 0.25) is 0 Å². The lowest BCUT2D eigenvalue weighted by Gasteiger charge is -2.11. The summed E-state index contributed by atoms with van der Waals surface area (Å²) in [6, 6.07) is 4.58. The third-order valence-corrected chi connectivity index (χ3v) is 2.25. The Morgan fingerprint density at radius 2 is 2.24 bits per heavy atom. The summed E-state index contributed by atoms with van der Waals surface area (Å²) in [6.45, 7) is 5.80. The molecule has 1 N–H and O–H groups in total. The van der Waals surface area contributed by atoms with E-state index in [0.29, 0.717) is 19.6 Å². The lowest BCUT2D eigenvalue weighted by molar-refractivity contribution is 0.322. The van der Waals surface area contributed by atoms with Gasteiger partial charge in [-0.05, 0) is 31.7 Å². The average Bonchev–Trinajstić information content (AvgIpc) is 2.34. The van der Waals surface area contributed by atoms with Crippen LogP contribution in [0.15, 0.2) is 18.2 Å². The molecule has 0 amide bonds. The van der Waals surface area contributed by atoms with Gasteiger partial charge in [0.25, 0.3) is 0 Å². The maximum Gasteiger partial charge on any atom is 0.124 e. The van der Waals surface area contributed by atoms with Crippen LogP contribution in [-0.2, 0) is 6.54 Å². The molecule has 0 aliphatic carbocycles. The number of rotatable bonds is 6. The number of nitrogens with one attached hydrogen (secondary N) is 1. The number of hydrogen-bond acceptors (Lipinski definition) is 2. The van der Waals surface area contributed by atoms with Crippen molar-refractivity contribution in [2.24, 2.45) is 0 Å². The monoisotopic (exact) mass is 235 g/mol. The molecular formula is C14H18FNO. The smallest absolute Gasteiger partial charge is 0.124 e. The summed E-state index contributed by atoms with van der Waals surface area (Å²) in [4.78, 5) is 0. The van der Waals surface area contributed by atoms with Gasteiger partial charge in [-0.2, -0.15) is 0 Å². The molecule has 0 bridgehead atoms. The Bertz CT molecular complexity index is 406. The third kappa shape index (κ3) is 4.88. The fourth-order valence-corrected chi connectivity index (χ4v) is 1.42. The van der Waals surface area contributed by atoms with Crippen molar-refractivity contribution in [3.8, 4) is 17.6 Å². The molecule has 0 aliphatic rings. The van der Waals surface area contributed by atoms with E-state index in [9.17, 15) is 4.39 Å². The van der Waals surface area contributed by atoms with Gasteiger partial charge in [0.15, 0.2) is 0 Å². The van der Waals surface area contributed by atoms with Gasteiger partial charge < -0.3 is 10.1 Å². The first-order chi connectivity index (χ1) is 8.27. The van der Waals surface area contributed by atoms with Crippen LogP contribution in [0.4, 0.5) is 4.39 Å². The highest BCUT2D eigenvalue weighted by molar-refractivity contribution is 5.34. The van der Waals surface area contributed by atoms with E-state index in [4.69, 9.17) is 4.74 Å². The van der Waals surface area contributed by atoms with E-state index in [1.807, 2.05) is 6.92 Å². The summed E-state index contributed by atoms with van der Waals surface area (Å²) in [5, 5.41) is 3.16. The Balaban J connectivity index is 2.63. The predicted octanol–water partition coefficient (Wildman–Crippen LogP) is 2.73. The number of benzene rings is 1. The molecular weight excluding hydrogens is 217 g/mol. The van der Waals surface area contributed by atoms with Crippen LogP contribution >= 0.6 is 0 Å².